The maximum Gasteiger partial charge on any atom is 0.340 e. The molecule has 0 atom stereocenters. The number of halogens is 1. The Labute approximate surface area is 140 Å². The summed E-state index contributed by atoms with van der Waals surface area (Å²) < 4.78 is 37.8. The average Bonchev–Trinajstić information content (AvgIpc) is 2.93. The van der Waals surface area contributed by atoms with Gasteiger partial charge in [0, 0.05) is 4.47 Å². The van der Waals surface area contributed by atoms with Crippen molar-refractivity contribution in [1.29, 1.82) is 0 Å². The van der Waals surface area contributed by atoms with Gasteiger partial charge >= 0.3 is 5.97 Å². The third-order valence-electron chi connectivity index (χ3n) is 2.71. The van der Waals surface area contributed by atoms with Crippen LogP contribution in [0.5, 0.6) is 5.75 Å². The standard InChI is InChI=1S/C13H12BrNO5S2/c1-19-10-4-3-8(14)7-11(10)22(17,18)15-12-9(5-6-21-12)13(16)20-2/h3-7,15H,1-2H3. The van der Waals surface area contributed by atoms with Crippen LogP contribution in [0.25, 0.3) is 0 Å². The minimum atomic E-state index is -3.92. The van der Waals surface area contributed by atoms with Gasteiger partial charge in [0.15, 0.2) is 0 Å². The molecule has 0 unspecified atom stereocenters. The zero-order chi connectivity index (χ0) is 16.3. The summed E-state index contributed by atoms with van der Waals surface area (Å²) in [5.41, 5.74) is 0.157. The normalized spacial score (nSPS) is 11.0. The Morgan fingerprint density at radius 3 is 2.64 bits per heavy atom. The molecule has 6 nitrogen and oxygen atoms in total. The van der Waals surface area contributed by atoms with Crippen LogP contribution in [0.4, 0.5) is 5.00 Å². The highest BCUT2D eigenvalue weighted by atomic mass is 79.9. The van der Waals surface area contributed by atoms with Crippen molar-refractivity contribution < 1.29 is 22.7 Å². The molecule has 0 saturated carbocycles. The smallest absolute Gasteiger partial charge is 0.340 e. The molecule has 0 bridgehead atoms. The molecular formula is C13H12BrNO5S2. The monoisotopic (exact) mass is 405 g/mol. The number of esters is 1. The molecular weight excluding hydrogens is 394 g/mol. The summed E-state index contributed by atoms with van der Waals surface area (Å²) in [5.74, 6) is -0.410. The molecule has 9 heteroatoms. The molecule has 0 fully saturated rings. The van der Waals surface area contributed by atoms with E-state index < -0.39 is 16.0 Å². The first kappa shape index (κ1) is 16.8. The number of carbonyl (C=O) groups is 1. The minimum absolute atomic E-state index is 0.0337. The van der Waals surface area contributed by atoms with E-state index in [1.165, 1.54) is 32.4 Å². The van der Waals surface area contributed by atoms with E-state index in [9.17, 15) is 13.2 Å². The van der Waals surface area contributed by atoms with E-state index >= 15 is 0 Å². The molecule has 1 heterocycles. The van der Waals surface area contributed by atoms with E-state index in [2.05, 4.69) is 25.4 Å². The van der Waals surface area contributed by atoms with Gasteiger partial charge in [-0.2, -0.15) is 0 Å². The van der Waals surface area contributed by atoms with Gasteiger partial charge < -0.3 is 9.47 Å². The maximum atomic E-state index is 12.5. The second kappa shape index (κ2) is 6.67. The Hall–Kier alpha value is -1.58. The molecule has 1 aromatic carbocycles. The molecule has 1 aromatic heterocycles. The lowest BCUT2D eigenvalue weighted by Crippen LogP contribution is -2.15. The van der Waals surface area contributed by atoms with E-state index in [0.29, 0.717) is 4.47 Å². The van der Waals surface area contributed by atoms with Crippen LogP contribution in [0.3, 0.4) is 0 Å². The van der Waals surface area contributed by atoms with Crippen molar-refractivity contribution in [2.75, 3.05) is 18.9 Å². The molecule has 0 aliphatic heterocycles. The SMILES string of the molecule is COC(=O)c1ccsc1NS(=O)(=O)c1cc(Br)ccc1OC. The molecule has 0 aliphatic carbocycles. The Kier molecular flexibility index (Phi) is 5.09. The Bertz CT molecular complexity index is 801. The average molecular weight is 406 g/mol. The van der Waals surface area contributed by atoms with Crippen molar-refractivity contribution >= 4 is 48.3 Å². The van der Waals surface area contributed by atoms with Crippen molar-refractivity contribution in [3.63, 3.8) is 0 Å². The van der Waals surface area contributed by atoms with E-state index in [4.69, 9.17) is 4.74 Å². The molecule has 0 radical (unpaired) electrons. The topological polar surface area (TPSA) is 81.7 Å². The van der Waals surface area contributed by atoms with Gasteiger partial charge in [-0.05, 0) is 29.6 Å². The zero-order valence-electron chi connectivity index (χ0n) is 11.6. The molecule has 22 heavy (non-hydrogen) atoms. The number of ether oxygens (including phenoxy) is 2. The van der Waals surface area contributed by atoms with Gasteiger partial charge in [-0.25, -0.2) is 13.2 Å². The molecule has 0 saturated heterocycles. The third-order valence-corrected chi connectivity index (χ3v) is 5.54. The van der Waals surface area contributed by atoms with Crippen LogP contribution < -0.4 is 9.46 Å². The number of methoxy groups -OCH3 is 2. The van der Waals surface area contributed by atoms with Crippen molar-refractivity contribution in [2.24, 2.45) is 0 Å². The van der Waals surface area contributed by atoms with E-state index in [1.54, 1.807) is 11.4 Å². The highest BCUT2D eigenvalue weighted by molar-refractivity contribution is 9.10. The van der Waals surface area contributed by atoms with Gasteiger partial charge in [0.1, 0.15) is 15.6 Å². The van der Waals surface area contributed by atoms with Gasteiger partial charge in [-0.1, -0.05) is 15.9 Å². The van der Waals surface area contributed by atoms with Crippen molar-refractivity contribution in [2.45, 2.75) is 4.90 Å². The number of rotatable bonds is 5. The molecule has 118 valence electrons. The summed E-state index contributed by atoms with van der Waals surface area (Å²) >= 11 is 4.31. The zero-order valence-corrected chi connectivity index (χ0v) is 14.8. The van der Waals surface area contributed by atoms with E-state index in [0.717, 1.165) is 11.3 Å². The number of hydrogen-bond acceptors (Lipinski definition) is 6. The predicted octanol–water partition coefficient (Wildman–Crippen LogP) is 3.11. The van der Waals surface area contributed by atoms with Gasteiger partial charge in [-0.15, -0.1) is 11.3 Å². The first-order chi connectivity index (χ1) is 10.4. The summed E-state index contributed by atoms with van der Waals surface area (Å²) in [6.45, 7) is 0. The number of carbonyl (C=O) groups excluding carboxylic acids is 1. The van der Waals surface area contributed by atoms with Crippen LogP contribution in [0.1, 0.15) is 10.4 Å². The second-order valence-electron chi connectivity index (χ2n) is 4.06. The number of hydrogen-bond donors (Lipinski definition) is 1. The van der Waals surface area contributed by atoms with E-state index in [-0.39, 0.29) is 21.2 Å². The Morgan fingerprint density at radius 2 is 2.00 bits per heavy atom. The minimum Gasteiger partial charge on any atom is -0.495 e. The second-order valence-corrected chi connectivity index (χ2v) is 7.54. The molecule has 0 amide bonds. The fourth-order valence-corrected chi connectivity index (χ4v) is 4.51. The largest absolute Gasteiger partial charge is 0.495 e. The fourth-order valence-electron chi connectivity index (χ4n) is 1.70. The molecule has 0 spiro atoms. The van der Waals surface area contributed by atoms with Gasteiger partial charge in [-0.3, -0.25) is 4.72 Å². The van der Waals surface area contributed by atoms with Crippen LogP contribution in [0.15, 0.2) is 39.0 Å². The number of benzene rings is 1. The lowest BCUT2D eigenvalue weighted by molar-refractivity contribution is 0.0602. The Balaban J connectivity index is 2.43. The number of thiophene rings is 1. The fraction of sp³-hybridized carbons (Fsp3) is 0.154. The lowest BCUT2D eigenvalue weighted by atomic mass is 10.3. The van der Waals surface area contributed by atoms with Crippen LogP contribution >= 0.6 is 27.3 Å². The third kappa shape index (κ3) is 3.42. The van der Waals surface area contributed by atoms with Crippen LogP contribution in [-0.4, -0.2) is 28.6 Å². The van der Waals surface area contributed by atoms with Gasteiger partial charge in [0.2, 0.25) is 0 Å². The summed E-state index contributed by atoms with van der Waals surface area (Å²) in [6, 6.07) is 6.12. The number of anilines is 1. The maximum absolute atomic E-state index is 12.5. The molecule has 1 N–H and O–H groups in total. The van der Waals surface area contributed by atoms with Gasteiger partial charge in [0.05, 0.1) is 19.8 Å². The Morgan fingerprint density at radius 1 is 1.27 bits per heavy atom. The van der Waals surface area contributed by atoms with Crippen LogP contribution in [0.2, 0.25) is 0 Å². The predicted molar refractivity (Wildman–Crippen MR) is 87.2 cm³/mol. The number of sulfonamides is 1. The van der Waals surface area contributed by atoms with Crippen LogP contribution in [0, 0.1) is 0 Å². The molecule has 0 aliphatic rings. The summed E-state index contributed by atoms with van der Waals surface area (Å²) in [7, 11) is -1.30. The first-order valence-electron chi connectivity index (χ1n) is 5.91. The first-order valence-corrected chi connectivity index (χ1v) is 9.07. The summed E-state index contributed by atoms with van der Waals surface area (Å²) in [6.07, 6.45) is 0. The van der Waals surface area contributed by atoms with Crippen molar-refractivity contribution in [3.05, 3.63) is 39.7 Å². The van der Waals surface area contributed by atoms with E-state index in [1.807, 2.05) is 0 Å². The molecule has 2 rings (SSSR count). The summed E-state index contributed by atoms with van der Waals surface area (Å²) in [4.78, 5) is 11.6. The van der Waals surface area contributed by atoms with Gasteiger partial charge in [0.25, 0.3) is 10.0 Å². The number of nitrogens with one attached hydrogen (secondary N) is 1. The van der Waals surface area contributed by atoms with Crippen molar-refractivity contribution in [1.82, 2.24) is 0 Å². The lowest BCUT2D eigenvalue weighted by Gasteiger charge is -2.11. The van der Waals surface area contributed by atoms with Crippen LogP contribution in [-0.2, 0) is 14.8 Å². The molecule has 2 aromatic rings. The highest BCUT2D eigenvalue weighted by Crippen LogP contribution is 2.31. The summed E-state index contributed by atoms with van der Waals surface area (Å²) in [5, 5.41) is 1.79. The quantitative estimate of drug-likeness (QED) is 0.772. The van der Waals surface area contributed by atoms with Crippen molar-refractivity contribution in [3.8, 4) is 5.75 Å². The highest BCUT2D eigenvalue weighted by Gasteiger charge is 2.23.